The fourth-order valence-corrected chi connectivity index (χ4v) is 3.03. The highest BCUT2D eigenvalue weighted by molar-refractivity contribution is 7.17. The number of allylic oxidation sites excluding steroid dienone is 2. The zero-order valence-corrected chi connectivity index (χ0v) is 10.0. The Balaban J connectivity index is 2.37. The van der Waals surface area contributed by atoms with Crippen LogP contribution >= 0.6 is 11.3 Å². The number of carbonyl (C=O) groups is 1. The molecular weight excluding hydrogens is 244 g/mol. The highest BCUT2D eigenvalue weighted by atomic mass is 32.1. The summed E-state index contributed by atoms with van der Waals surface area (Å²) in [6, 6.07) is 9.45. The van der Waals surface area contributed by atoms with Gasteiger partial charge in [0.1, 0.15) is 17.7 Å². The molecule has 0 fully saturated rings. The van der Waals surface area contributed by atoms with E-state index in [4.69, 9.17) is 10.5 Å². The van der Waals surface area contributed by atoms with Crippen LogP contribution in [0.4, 0.5) is 0 Å². The minimum atomic E-state index is -0.0175. The number of nitriles is 2. The summed E-state index contributed by atoms with van der Waals surface area (Å²) in [5.41, 5.74) is 1.97. The number of fused-ring (bicyclic) bond motifs is 2. The molecule has 84 valence electrons. The van der Waals surface area contributed by atoms with Crippen LogP contribution < -0.4 is 0 Å². The lowest BCUT2D eigenvalue weighted by Crippen LogP contribution is -1.89. The van der Waals surface area contributed by atoms with E-state index >= 15 is 0 Å². The van der Waals surface area contributed by atoms with Crippen LogP contribution in [-0.4, -0.2) is 5.78 Å². The molecule has 1 aliphatic rings. The van der Waals surface area contributed by atoms with Gasteiger partial charge in [-0.1, -0.05) is 0 Å². The first-order valence-electron chi connectivity index (χ1n) is 5.32. The Kier molecular flexibility index (Phi) is 2.26. The van der Waals surface area contributed by atoms with Gasteiger partial charge in [0.25, 0.3) is 0 Å². The molecule has 4 heteroatoms. The zero-order chi connectivity index (χ0) is 12.7. The summed E-state index contributed by atoms with van der Waals surface area (Å²) in [5, 5.41) is 20.9. The first-order valence-corrected chi connectivity index (χ1v) is 6.20. The summed E-state index contributed by atoms with van der Waals surface area (Å²) in [7, 11) is 0. The van der Waals surface area contributed by atoms with Gasteiger partial charge in [0.05, 0.1) is 0 Å². The Morgan fingerprint density at radius 3 is 2.72 bits per heavy atom. The van der Waals surface area contributed by atoms with E-state index in [0.717, 1.165) is 15.6 Å². The molecule has 1 aliphatic carbocycles. The van der Waals surface area contributed by atoms with Gasteiger partial charge < -0.3 is 0 Å². The summed E-state index contributed by atoms with van der Waals surface area (Å²) < 4.78 is 1.07. The van der Waals surface area contributed by atoms with Gasteiger partial charge in [0, 0.05) is 16.7 Å². The van der Waals surface area contributed by atoms with Gasteiger partial charge in [-0.15, -0.1) is 11.3 Å². The maximum atomic E-state index is 11.9. The molecule has 3 nitrogen and oxygen atoms in total. The molecule has 0 saturated heterocycles. The van der Waals surface area contributed by atoms with E-state index in [9.17, 15) is 4.79 Å². The number of carbonyl (C=O) groups excluding carboxylic acids is 1. The molecule has 0 aliphatic heterocycles. The summed E-state index contributed by atoms with van der Waals surface area (Å²) in [6.45, 7) is 0. The fourth-order valence-electron chi connectivity index (χ4n) is 2.22. The maximum absolute atomic E-state index is 11.9. The van der Waals surface area contributed by atoms with Crippen molar-refractivity contribution in [3.8, 4) is 12.1 Å². The Hall–Kier alpha value is -2.43. The van der Waals surface area contributed by atoms with Crippen LogP contribution in [-0.2, 0) is 0 Å². The standard InChI is InChI=1S/C14H6N2OS/c15-6-9(7-16)10-4-13(17)12-3-8-1-2-18-14(8)5-11(10)12/h1-3,5H,4H2. The molecule has 2 aromatic rings. The molecule has 0 saturated carbocycles. The zero-order valence-electron chi connectivity index (χ0n) is 9.23. The van der Waals surface area contributed by atoms with Gasteiger partial charge in [0.2, 0.25) is 0 Å². The maximum Gasteiger partial charge on any atom is 0.167 e. The van der Waals surface area contributed by atoms with E-state index in [1.807, 2.05) is 35.7 Å². The van der Waals surface area contributed by atoms with Crippen LogP contribution in [0.15, 0.2) is 29.2 Å². The summed E-state index contributed by atoms with van der Waals surface area (Å²) in [6.07, 6.45) is 0.156. The molecule has 3 rings (SSSR count). The fraction of sp³-hybridized carbons (Fsp3) is 0.0714. The van der Waals surface area contributed by atoms with Gasteiger partial charge in [-0.25, -0.2) is 0 Å². The molecule has 1 aromatic heterocycles. The largest absolute Gasteiger partial charge is 0.294 e. The van der Waals surface area contributed by atoms with Gasteiger partial charge in [-0.05, 0) is 40.1 Å². The second-order valence-corrected chi connectivity index (χ2v) is 4.98. The molecular formula is C14H6N2OS. The Labute approximate surface area is 107 Å². The van der Waals surface area contributed by atoms with Crippen LogP contribution in [0.25, 0.3) is 15.7 Å². The van der Waals surface area contributed by atoms with Crippen LogP contribution in [0, 0.1) is 22.7 Å². The molecule has 0 bridgehead atoms. The van der Waals surface area contributed by atoms with Gasteiger partial charge in [-0.3, -0.25) is 4.79 Å². The summed E-state index contributed by atoms with van der Waals surface area (Å²) >= 11 is 1.58. The number of thiophene rings is 1. The number of benzene rings is 1. The first kappa shape index (κ1) is 10.7. The van der Waals surface area contributed by atoms with Crippen LogP contribution in [0.2, 0.25) is 0 Å². The topological polar surface area (TPSA) is 64.7 Å². The van der Waals surface area contributed by atoms with Crippen molar-refractivity contribution in [1.29, 1.82) is 10.5 Å². The molecule has 0 amide bonds. The molecule has 1 aromatic carbocycles. The number of rotatable bonds is 0. The molecule has 18 heavy (non-hydrogen) atoms. The molecule has 1 heterocycles. The van der Waals surface area contributed by atoms with E-state index in [-0.39, 0.29) is 17.8 Å². The molecule has 0 atom stereocenters. The summed E-state index contributed by atoms with van der Waals surface area (Å²) in [4.78, 5) is 11.9. The molecule has 0 radical (unpaired) electrons. The third-order valence-corrected chi connectivity index (χ3v) is 3.96. The Morgan fingerprint density at radius 2 is 2.00 bits per heavy atom. The van der Waals surface area contributed by atoms with Crippen molar-refractivity contribution in [2.75, 3.05) is 0 Å². The molecule has 0 N–H and O–H groups in total. The quantitative estimate of drug-likeness (QED) is 0.674. The predicted molar refractivity (Wildman–Crippen MR) is 68.9 cm³/mol. The van der Waals surface area contributed by atoms with E-state index in [1.54, 1.807) is 11.3 Å². The third-order valence-electron chi connectivity index (χ3n) is 3.08. The minimum Gasteiger partial charge on any atom is -0.294 e. The number of hydrogen-bond acceptors (Lipinski definition) is 4. The van der Waals surface area contributed by atoms with Crippen LogP contribution in [0.5, 0.6) is 0 Å². The van der Waals surface area contributed by atoms with Crippen LogP contribution in [0.1, 0.15) is 22.3 Å². The normalized spacial score (nSPS) is 13.2. The number of hydrogen-bond donors (Lipinski definition) is 0. The van der Waals surface area contributed by atoms with E-state index in [2.05, 4.69) is 0 Å². The number of ketones is 1. The van der Waals surface area contributed by atoms with Crippen molar-refractivity contribution in [2.24, 2.45) is 0 Å². The average Bonchev–Trinajstić information content (AvgIpc) is 2.95. The van der Waals surface area contributed by atoms with E-state index in [1.165, 1.54) is 0 Å². The Morgan fingerprint density at radius 1 is 1.22 bits per heavy atom. The Bertz CT molecular complexity index is 783. The predicted octanol–water partition coefficient (Wildman–Crippen LogP) is 3.29. The smallest absolute Gasteiger partial charge is 0.167 e. The average molecular weight is 250 g/mol. The second kappa shape index (κ2) is 3.80. The second-order valence-electron chi connectivity index (χ2n) is 4.03. The lowest BCUT2D eigenvalue weighted by molar-refractivity contribution is 0.100. The molecule has 0 spiro atoms. The van der Waals surface area contributed by atoms with Gasteiger partial charge >= 0.3 is 0 Å². The lowest BCUT2D eigenvalue weighted by Gasteiger charge is -2.00. The van der Waals surface area contributed by atoms with Crippen molar-refractivity contribution in [3.05, 3.63) is 40.3 Å². The number of Topliss-reactive ketones (excluding diaryl/α,β-unsaturated/α-hetero) is 1. The summed E-state index contributed by atoms with van der Waals surface area (Å²) in [5.74, 6) is -0.0175. The van der Waals surface area contributed by atoms with Crippen molar-refractivity contribution < 1.29 is 4.79 Å². The van der Waals surface area contributed by atoms with Gasteiger partial charge in [-0.2, -0.15) is 10.5 Å². The van der Waals surface area contributed by atoms with Crippen LogP contribution in [0.3, 0.4) is 0 Å². The monoisotopic (exact) mass is 250 g/mol. The molecule has 0 unspecified atom stereocenters. The SMILES string of the molecule is N#CC(C#N)=C1CC(=O)c2cc3ccsc3cc21. The number of nitrogens with zero attached hydrogens (tertiary/aromatic N) is 2. The van der Waals surface area contributed by atoms with E-state index < -0.39 is 0 Å². The van der Waals surface area contributed by atoms with Crippen molar-refractivity contribution in [3.63, 3.8) is 0 Å². The lowest BCUT2D eigenvalue weighted by atomic mass is 10.0. The van der Waals surface area contributed by atoms with Crippen molar-refractivity contribution in [2.45, 2.75) is 6.42 Å². The van der Waals surface area contributed by atoms with Crippen molar-refractivity contribution in [1.82, 2.24) is 0 Å². The van der Waals surface area contributed by atoms with Gasteiger partial charge in [0.15, 0.2) is 5.78 Å². The van der Waals surface area contributed by atoms with E-state index in [0.29, 0.717) is 11.1 Å². The highest BCUT2D eigenvalue weighted by Gasteiger charge is 2.27. The minimum absolute atomic E-state index is 0.0175. The third kappa shape index (κ3) is 1.37. The highest BCUT2D eigenvalue weighted by Crippen LogP contribution is 2.38. The van der Waals surface area contributed by atoms with Crippen molar-refractivity contribution >= 4 is 32.8 Å². The first-order chi connectivity index (χ1) is 8.74.